The molecule has 35 heavy (non-hydrogen) atoms. The molecule has 0 spiro atoms. The average molecular weight is 465 g/mol. The normalized spacial score (nSPS) is 10.8. The van der Waals surface area contributed by atoms with Crippen LogP contribution >= 0.6 is 0 Å². The number of imidazole rings is 1. The number of rotatable bonds is 7. The number of carbonyl (C=O) groups is 1. The van der Waals surface area contributed by atoms with Crippen LogP contribution in [0.5, 0.6) is 0 Å². The largest absolute Gasteiger partial charge is 0.337 e. The smallest absolute Gasteiger partial charge is 0.274 e. The van der Waals surface area contributed by atoms with Crippen molar-refractivity contribution in [3.05, 3.63) is 120 Å². The van der Waals surface area contributed by atoms with Gasteiger partial charge in [0.15, 0.2) is 0 Å². The van der Waals surface area contributed by atoms with E-state index in [4.69, 9.17) is 9.82 Å². The van der Waals surface area contributed by atoms with E-state index in [1.807, 2.05) is 54.6 Å². The van der Waals surface area contributed by atoms with Crippen molar-refractivity contribution in [3.63, 3.8) is 0 Å². The van der Waals surface area contributed by atoms with Gasteiger partial charge in [-0.1, -0.05) is 42.5 Å². The standard InChI is InChI=1S/C28H21FN4O2/c29-24-12-10-20(11-13-24)25-26(21-14-16-30-17-15-21)32-27(31-25)22-6-8-23(9-7-22)28(34)33-35-18-19-4-2-1-3-5-19/h1-17H,18H2,(H,31,32)(H,33,34). The van der Waals surface area contributed by atoms with Gasteiger partial charge in [0.25, 0.3) is 5.91 Å². The van der Waals surface area contributed by atoms with Crippen LogP contribution < -0.4 is 5.48 Å². The summed E-state index contributed by atoms with van der Waals surface area (Å²) >= 11 is 0. The number of hydrogen-bond acceptors (Lipinski definition) is 4. The molecule has 0 aliphatic heterocycles. The number of benzene rings is 3. The molecule has 0 aliphatic rings. The molecule has 6 nitrogen and oxygen atoms in total. The van der Waals surface area contributed by atoms with Crippen LogP contribution in [0.2, 0.25) is 0 Å². The molecular weight excluding hydrogens is 443 g/mol. The molecule has 2 aromatic heterocycles. The zero-order valence-electron chi connectivity index (χ0n) is 18.6. The maximum absolute atomic E-state index is 13.5. The van der Waals surface area contributed by atoms with Crippen LogP contribution in [-0.4, -0.2) is 20.9 Å². The van der Waals surface area contributed by atoms with Crippen LogP contribution in [0.3, 0.4) is 0 Å². The van der Waals surface area contributed by atoms with E-state index in [0.29, 0.717) is 17.1 Å². The van der Waals surface area contributed by atoms with Crippen molar-refractivity contribution < 1.29 is 14.0 Å². The topological polar surface area (TPSA) is 79.9 Å². The summed E-state index contributed by atoms with van der Waals surface area (Å²) < 4.78 is 13.5. The zero-order chi connectivity index (χ0) is 24.0. The van der Waals surface area contributed by atoms with Crippen molar-refractivity contribution in [1.29, 1.82) is 0 Å². The minimum Gasteiger partial charge on any atom is -0.337 e. The van der Waals surface area contributed by atoms with Gasteiger partial charge in [-0.2, -0.15) is 0 Å². The number of hydroxylamine groups is 1. The third-order valence-corrected chi connectivity index (χ3v) is 5.46. The Balaban J connectivity index is 1.37. The van der Waals surface area contributed by atoms with E-state index in [1.54, 1.807) is 36.7 Å². The Hall–Kier alpha value is -4.62. The monoisotopic (exact) mass is 464 g/mol. The van der Waals surface area contributed by atoms with E-state index in [-0.39, 0.29) is 18.3 Å². The quantitative estimate of drug-likeness (QED) is 0.298. The molecule has 0 bridgehead atoms. The summed E-state index contributed by atoms with van der Waals surface area (Å²) in [5.74, 6) is -0.0172. The molecule has 0 saturated carbocycles. The van der Waals surface area contributed by atoms with Gasteiger partial charge in [-0.15, -0.1) is 0 Å². The van der Waals surface area contributed by atoms with E-state index in [2.05, 4.69) is 15.4 Å². The number of halogens is 1. The lowest BCUT2D eigenvalue weighted by Crippen LogP contribution is -2.23. The van der Waals surface area contributed by atoms with Crippen molar-refractivity contribution in [2.24, 2.45) is 0 Å². The summed E-state index contributed by atoms with van der Waals surface area (Å²) in [5.41, 5.74) is 7.88. The molecule has 0 aliphatic carbocycles. The number of nitrogens with zero attached hydrogens (tertiary/aromatic N) is 2. The Kier molecular flexibility index (Phi) is 6.41. The van der Waals surface area contributed by atoms with Crippen LogP contribution in [0.4, 0.5) is 4.39 Å². The molecule has 0 fully saturated rings. The lowest BCUT2D eigenvalue weighted by atomic mass is 10.1. The third kappa shape index (κ3) is 5.15. The fraction of sp³-hybridized carbons (Fsp3) is 0.0357. The van der Waals surface area contributed by atoms with Crippen LogP contribution in [0.15, 0.2) is 103 Å². The number of aromatic amines is 1. The Morgan fingerprint density at radius 3 is 2.23 bits per heavy atom. The van der Waals surface area contributed by atoms with Gasteiger partial charge in [0, 0.05) is 34.6 Å². The summed E-state index contributed by atoms with van der Waals surface area (Å²) in [6.45, 7) is 0.279. The van der Waals surface area contributed by atoms with E-state index in [1.165, 1.54) is 12.1 Å². The van der Waals surface area contributed by atoms with E-state index >= 15 is 0 Å². The first-order chi connectivity index (χ1) is 17.2. The molecule has 0 unspecified atom stereocenters. The Bertz CT molecular complexity index is 1420. The molecule has 3 aromatic carbocycles. The maximum atomic E-state index is 13.5. The van der Waals surface area contributed by atoms with Crippen molar-refractivity contribution in [1.82, 2.24) is 20.4 Å². The number of aromatic nitrogens is 3. The number of nitrogens with one attached hydrogen (secondary N) is 2. The van der Waals surface area contributed by atoms with E-state index < -0.39 is 0 Å². The predicted molar refractivity (Wildman–Crippen MR) is 131 cm³/mol. The van der Waals surface area contributed by atoms with E-state index in [9.17, 15) is 9.18 Å². The van der Waals surface area contributed by atoms with Crippen LogP contribution in [0.1, 0.15) is 15.9 Å². The SMILES string of the molecule is O=C(NOCc1ccccc1)c1ccc(-c2nc(-c3ccc(F)cc3)c(-c3ccncc3)[nH]2)cc1. The molecule has 0 radical (unpaired) electrons. The number of pyridine rings is 1. The van der Waals surface area contributed by atoms with Crippen LogP contribution in [0.25, 0.3) is 33.9 Å². The highest BCUT2D eigenvalue weighted by atomic mass is 19.1. The number of amides is 1. The van der Waals surface area contributed by atoms with Gasteiger partial charge in [-0.05, 0) is 54.1 Å². The third-order valence-electron chi connectivity index (χ3n) is 5.46. The average Bonchev–Trinajstić information content (AvgIpc) is 3.36. The molecule has 172 valence electrons. The lowest BCUT2D eigenvalue weighted by molar-refractivity contribution is 0.0233. The second kappa shape index (κ2) is 10.1. The summed E-state index contributed by atoms with van der Waals surface area (Å²) in [6.07, 6.45) is 3.41. The first-order valence-corrected chi connectivity index (χ1v) is 11.0. The second-order valence-electron chi connectivity index (χ2n) is 7.83. The van der Waals surface area contributed by atoms with Gasteiger partial charge in [0.1, 0.15) is 11.6 Å². The summed E-state index contributed by atoms with van der Waals surface area (Å²) in [6, 6.07) is 26.6. The fourth-order valence-corrected chi connectivity index (χ4v) is 3.65. The maximum Gasteiger partial charge on any atom is 0.274 e. The van der Waals surface area contributed by atoms with Gasteiger partial charge in [-0.3, -0.25) is 14.6 Å². The fourth-order valence-electron chi connectivity index (χ4n) is 3.65. The first-order valence-electron chi connectivity index (χ1n) is 11.0. The molecule has 2 heterocycles. The van der Waals surface area contributed by atoms with E-state index in [0.717, 1.165) is 27.9 Å². The lowest BCUT2D eigenvalue weighted by Gasteiger charge is -2.06. The van der Waals surface area contributed by atoms with Gasteiger partial charge < -0.3 is 4.98 Å². The molecular formula is C28H21FN4O2. The summed E-state index contributed by atoms with van der Waals surface area (Å²) in [5, 5.41) is 0. The molecule has 5 rings (SSSR count). The van der Waals surface area contributed by atoms with Crippen LogP contribution in [-0.2, 0) is 11.4 Å². The molecule has 0 atom stereocenters. The van der Waals surface area contributed by atoms with Gasteiger partial charge in [0.2, 0.25) is 0 Å². The number of carbonyl (C=O) groups excluding carboxylic acids is 1. The van der Waals surface area contributed by atoms with Gasteiger partial charge >= 0.3 is 0 Å². The number of H-pyrrole nitrogens is 1. The van der Waals surface area contributed by atoms with Crippen molar-refractivity contribution in [2.75, 3.05) is 0 Å². The summed E-state index contributed by atoms with van der Waals surface area (Å²) in [4.78, 5) is 30.0. The van der Waals surface area contributed by atoms with Crippen molar-refractivity contribution in [3.8, 4) is 33.9 Å². The molecule has 5 aromatic rings. The Morgan fingerprint density at radius 1 is 0.829 bits per heavy atom. The van der Waals surface area contributed by atoms with Crippen molar-refractivity contribution in [2.45, 2.75) is 6.61 Å². The predicted octanol–water partition coefficient (Wildman–Crippen LogP) is 5.81. The zero-order valence-corrected chi connectivity index (χ0v) is 18.6. The van der Waals surface area contributed by atoms with Gasteiger partial charge in [0.05, 0.1) is 18.0 Å². The molecule has 2 N–H and O–H groups in total. The minimum absolute atomic E-state index is 0.279. The highest BCUT2D eigenvalue weighted by molar-refractivity contribution is 5.94. The Labute approximate surface area is 201 Å². The Morgan fingerprint density at radius 2 is 1.51 bits per heavy atom. The van der Waals surface area contributed by atoms with Crippen LogP contribution in [0, 0.1) is 5.82 Å². The van der Waals surface area contributed by atoms with Crippen molar-refractivity contribution >= 4 is 5.91 Å². The second-order valence-corrected chi connectivity index (χ2v) is 7.83. The highest BCUT2D eigenvalue weighted by Gasteiger charge is 2.16. The molecule has 1 amide bonds. The highest BCUT2D eigenvalue weighted by Crippen LogP contribution is 2.33. The number of hydrogen-bond donors (Lipinski definition) is 2. The molecule has 0 saturated heterocycles. The van der Waals surface area contributed by atoms with Gasteiger partial charge in [-0.25, -0.2) is 14.9 Å². The molecule has 7 heteroatoms. The first kappa shape index (κ1) is 22.2. The summed E-state index contributed by atoms with van der Waals surface area (Å²) in [7, 11) is 0. The minimum atomic E-state index is -0.337.